The first-order valence-corrected chi connectivity index (χ1v) is 8.99. The zero-order valence-corrected chi connectivity index (χ0v) is 16.1. The molecule has 2 aromatic carbocycles. The van der Waals surface area contributed by atoms with Crippen molar-refractivity contribution >= 4 is 5.69 Å². The fourth-order valence-corrected chi connectivity index (χ4v) is 2.86. The van der Waals surface area contributed by atoms with Gasteiger partial charge in [-0.15, -0.1) is 10.2 Å². The molecule has 0 saturated heterocycles. The van der Waals surface area contributed by atoms with E-state index in [-0.39, 0.29) is 0 Å². The molecule has 0 amide bonds. The monoisotopic (exact) mass is 363 g/mol. The first-order valence-electron chi connectivity index (χ1n) is 8.99. The molecule has 0 atom stereocenters. The first kappa shape index (κ1) is 18.7. The second-order valence-electron chi connectivity index (χ2n) is 6.55. The number of nitrogens with zero attached hydrogens (tertiary/aromatic N) is 3. The number of aryl methyl sites for hydroxylation is 3. The van der Waals surface area contributed by atoms with Crippen LogP contribution in [0.2, 0.25) is 0 Å². The number of rotatable bonds is 8. The van der Waals surface area contributed by atoms with E-state index in [1.54, 1.807) is 13.0 Å². The van der Waals surface area contributed by atoms with Crippen molar-refractivity contribution in [2.45, 2.75) is 33.9 Å². The van der Waals surface area contributed by atoms with Crippen molar-refractivity contribution in [2.24, 2.45) is 0 Å². The molecule has 0 spiro atoms. The summed E-state index contributed by atoms with van der Waals surface area (Å²) in [5.41, 5.74) is 4.71. The van der Waals surface area contributed by atoms with Gasteiger partial charge in [-0.1, -0.05) is 36.9 Å². The molecule has 0 N–H and O–H groups in total. The maximum atomic E-state index is 5.82. The molecule has 0 aliphatic rings. The van der Waals surface area contributed by atoms with Crippen LogP contribution in [0.4, 0.5) is 5.69 Å². The highest BCUT2D eigenvalue weighted by Gasteiger charge is 2.15. The van der Waals surface area contributed by atoms with Crippen molar-refractivity contribution < 1.29 is 9.15 Å². The summed E-state index contributed by atoms with van der Waals surface area (Å²) in [5, 5.41) is 8.11. The molecule has 3 aromatic rings. The van der Waals surface area contributed by atoms with E-state index in [0.717, 1.165) is 17.0 Å². The fraction of sp³-hybridized carbons (Fsp3) is 0.273. The van der Waals surface area contributed by atoms with Gasteiger partial charge < -0.3 is 14.1 Å². The van der Waals surface area contributed by atoms with Gasteiger partial charge in [-0.25, -0.2) is 0 Å². The molecular weight excluding hydrogens is 338 g/mol. The molecule has 0 radical (unpaired) electrons. The van der Waals surface area contributed by atoms with Gasteiger partial charge in [0.15, 0.2) is 0 Å². The summed E-state index contributed by atoms with van der Waals surface area (Å²) < 4.78 is 11.4. The van der Waals surface area contributed by atoms with Crippen LogP contribution in [0.25, 0.3) is 0 Å². The molecule has 5 nitrogen and oxygen atoms in total. The number of benzene rings is 2. The Labute approximate surface area is 160 Å². The molecule has 5 heteroatoms. The Bertz CT molecular complexity index is 917. The van der Waals surface area contributed by atoms with Crippen LogP contribution in [-0.2, 0) is 13.1 Å². The van der Waals surface area contributed by atoms with Gasteiger partial charge in [-0.2, -0.15) is 0 Å². The zero-order chi connectivity index (χ0) is 19.2. The number of para-hydroxylation sites is 1. The van der Waals surface area contributed by atoms with Gasteiger partial charge in [0.2, 0.25) is 11.8 Å². The minimum absolute atomic E-state index is 0.476. The van der Waals surface area contributed by atoms with Crippen molar-refractivity contribution in [1.29, 1.82) is 0 Å². The third kappa shape index (κ3) is 4.76. The van der Waals surface area contributed by atoms with Crippen LogP contribution in [0.15, 0.2) is 59.5 Å². The van der Waals surface area contributed by atoms with E-state index in [4.69, 9.17) is 9.15 Å². The Kier molecular flexibility index (Phi) is 5.91. The molecular formula is C22H25N3O2. The number of aromatic nitrogens is 2. The lowest BCUT2D eigenvalue weighted by molar-refractivity contribution is 0.358. The number of anilines is 1. The molecule has 140 valence electrons. The molecule has 0 saturated carbocycles. The molecule has 0 fully saturated rings. The highest BCUT2D eigenvalue weighted by atomic mass is 16.5. The largest absolute Gasteiger partial charge is 0.489 e. The Morgan fingerprint density at radius 1 is 1.04 bits per heavy atom. The zero-order valence-electron chi connectivity index (χ0n) is 16.1. The summed E-state index contributed by atoms with van der Waals surface area (Å²) in [6, 6.07) is 14.5. The average Bonchev–Trinajstić information content (AvgIpc) is 3.07. The molecule has 0 unspecified atom stereocenters. The lowest BCUT2D eigenvalue weighted by Crippen LogP contribution is -2.23. The van der Waals surface area contributed by atoms with Crippen molar-refractivity contribution in [3.63, 3.8) is 0 Å². The lowest BCUT2D eigenvalue weighted by Gasteiger charge is -2.25. The molecule has 0 aliphatic heterocycles. The summed E-state index contributed by atoms with van der Waals surface area (Å²) in [5.74, 6) is 2.02. The summed E-state index contributed by atoms with van der Waals surface area (Å²) in [6.45, 7) is 11.4. The average molecular weight is 363 g/mol. The third-order valence-electron chi connectivity index (χ3n) is 4.44. The normalized spacial score (nSPS) is 10.6. The predicted octanol–water partition coefficient (Wildman–Crippen LogP) is 4.77. The van der Waals surface area contributed by atoms with Gasteiger partial charge in [-0.3, -0.25) is 0 Å². The minimum atomic E-state index is 0.476. The smallest absolute Gasteiger partial charge is 0.235 e. The molecule has 0 bridgehead atoms. The van der Waals surface area contributed by atoms with Crippen LogP contribution in [-0.4, -0.2) is 16.8 Å². The summed E-state index contributed by atoms with van der Waals surface area (Å²) in [4.78, 5) is 2.22. The summed E-state index contributed by atoms with van der Waals surface area (Å²) >= 11 is 0. The van der Waals surface area contributed by atoms with Crippen LogP contribution >= 0.6 is 0 Å². The quantitative estimate of drug-likeness (QED) is 0.540. The van der Waals surface area contributed by atoms with Crippen LogP contribution in [0, 0.1) is 20.8 Å². The van der Waals surface area contributed by atoms with E-state index in [1.165, 1.54) is 11.1 Å². The fourth-order valence-electron chi connectivity index (χ4n) is 2.86. The van der Waals surface area contributed by atoms with Crippen LogP contribution < -0.4 is 9.64 Å². The molecule has 3 rings (SSSR count). The Morgan fingerprint density at radius 3 is 2.56 bits per heavy atom. The Balaban J connectivity index is 1.92. The third-order valence-corrected chi connectivity index (χ3v) is 4.44. The number of ether oxygens (including phenoxy) is 1. The van der Waals surface area contributed by atoms with Crippen molar-refractivity contribution in [1.82, 2.24) is 10.2 Å². The molecule has 1 aromatic heterocycles. The van der Waals surface area contributed by atoms with E-state index in [0.29, 0.717) is 31.5 Å². The van der Waals surface area contributed by atoms with E-state index in [9.17, 15) is 0 Å². The predicted molar refractivity (Wildman–Crippen MR) is 107 cm³/mol. The highest BCUT2D eigenvalue weighted by Crippen LogP contribution is 2.26. The Hall–Kier alpha value is -3.08. The standard InChI is InChI=1S/C22H25N3O2/c1-5-12-26-21-9-7-6-8-19(21)14-25(15-22-24-23-18(4)27-22)20-11-10-16(2)17(3)13-20/h5-11,13H,1,12,14-15H2,2-4H3. The van der Waals surface area contributed by atoms with Gasteiger partial charge in [-0.05, 0) is 43.2 Å². The van der Waals surface area contributed by atoms with Crippen LogP contribution in [0.3, 0.4) is 0 Å². The second-order valence-corrected chi connectivity index (χ2v) is 6.55. The van der Waals surface area contributed by atoms with Gasteiger partial charge in [0, 0.05) is 24.7 Å². The highest BCUT2D eigenvalue weighted by molar-refractivity contribution is 5.52. The lowest BCUT2D eigenvalue weighted by atomic mass is 10.1. The van der Waals surface area contributed by atoms with Crippen molar-refractivity contribution in [2.75, 3.05) is 11.5 Å². The number of hydrogen-bond acceptors (Lipinski definition) is 5. The topological polar surface area (TPSA) is 51.4 Å². The Morgan fingerprint density at radius 2 is 1.85 bits per heavy atom. The minimum Gasteiger partial charge on any atom is -0.489 e. The van der Waals surface area contributed by atoms with Gasteiger partial charge >= 0.3 is 0 Å². The maximum Gasteiger partial charge on any atom is 0.235 e. The van der Waals surface area contributed by atoms with Gasteiger partial charge in [0.25, 0.3) is 0 Å². The van der Waals surface area contributed by atoms with E-state index in [1.807, 2.05) is 18.2 Å². The number of hydrogen-bond donors (Lipinski definition) is 0. The molecule has 27 heavy (non-hydrogen) atoms. The SMILES string of the molecule is C=CCOc1ccccc1CN(Cc1nnc(C)o1)c1ccc(C)c(C)c1. The van der Waals surface area contributed by atoms with E-state index >= 15 is 0 Å². The van der Waals surface area contributed by atoms with Crippen molar-refractivity contribution in [3.8, 4) is 5.75 Å². The van der Waals surface area contributed by atoms with Gasteiger partial charge in [0.05, 0.1) is 6.54 Å². The molecule has 1 heterocycles. The first-order chi connectivity index (χ1) is 13.1. The van der Waals surface area contributed by atoms with Crippen molar-refractivity contribution in [3.05, 3.63) is 83.6 Å². The maximum absolute atomic E-state index is 5.82. The van der Waals surface area contributed by atoms with E-state index < -0.39 is 0 Å². The summed E-state index contributed by atoms with van der Waals surface area (Å²) in [6.07, 6.45) is 1.75. The van der Waals surface area contributed by atoms with E-state index in [2.05, 4.69) is 59.8 Å². The van der Waals surface area contributed by atoms with Crippen LogP contribution in [0.1, 0.15) is 28.5 Å². The van der Waals surface area contributed by atoms with Crippen LogP contribution in [0.5, 0.6) is 5.75 Å². The molecule has 0 aliphatic carbocycles. The second kappa shape index (κ2) is 8.54. The summed E-state index contributed by atoms with van der Waals surface area (Å²) in [7, 11) is 0. The van der Waals surface area contributed by atoms with Gasteiger partial charge in [0.1, 0.15) is 12.4 Å².